The molecule has 0 fully saturated rings. The Hall–Kier alpha value is -2.04. The van der Waals surface area contributed by atoms with Crippen molar-refractivity contribution in [3.63, 3.8) is 0 Å². The zero-order valence-corrected chi connectivity index (χ0v) is 8.37. The highest BCUT2D eigenvalue weighted by molar-refractivity contribution is 5.81. The normalized spacial score (nSPS) is 10.2. The largest absolute Gasteiger partial charge is 0.358 e. The lowest BCUT2D eigenvalue weighted by Crippen LogP contribution is -2.26. The number of anilines is 1. The maximum absolute atomic E-state index is 11.0. The van der Waals surface area contributed by atoms with Gasteiger partial charge < -0.3 is 15.6 Å². The lowest BCUT2D eigenvalue weighted by Gasteiger charge is -1.99. The molecule has 78 valence electrons. The Labute approximate surface area is 86.9 Å². The van der Waals surface area contributed by atoms with Crippen molar-refractivity contribution in [2.75, 3.05) is 18.9 Å². The summed E-state index contributed by atoms with van der Waals surface area (Å²) in [5.41, 5.74) is 1.84. The molecule has 0 bridgehead atoms. The second-order valence-corrected chi connectivity index (χ2v) is 3.13. The molecule has 1 aromatic carbocycles. The molecule has 1 aromatic heterocycles. The Morgan fingerprint density at radius 3 is 3.00 bits per heavy atom. The predicted octanol–water partition coefficient (Wildman–Crippen LogP) is 0.721. The summed E-state index contributed by atoms with van der Waals surface area (Å²) < 4.78 is 0. The molecule has 0 aliphatic carbocycles. The van der Waals surface area contributed by atoms with Crippen LogP contribution < -0.4 is 10.6 Å². The summed E-state index contributed by atoms with van der Waals surface area (Å²) in [5.74, 6) is 0.537. The number of hydrogen-bond acceptors (Lipinski definition) is 3. The van der Waals surface area contributed by atoms with Crippen LogP contribution in [0.1, 0.15) is 0 Å². The van der Waals surface area contributed by atoms with Gasteiger partial charge in [0.05, 0.1) is 17.6 Å². The van der Waals surface area contributed by atoms with Gasteiger partial charge in [0, 0.05) is 7.05 Å². The van der Waals surface area contributed by atoms with E-state index in [-0.39, 0.29) is 12.5 Å². The van der Waals surface area contributed by atoms with Crippen LogP contribution in [0.25, 0.3) is 11.0 Å². The first-order valence-electron chi connectivity index (χ1n) is 4.69. The van der Waals surface area contributed by atoms with Crippen LogP contribution in [0.5, 0.6) is 0 Å². The first kappa shape index (κ1) is 9.51. The number of aromatic amines is 1. The van der Waals surface area contributed by atoms with E-state index in [1.165, 1.54) is 0 Å². The van der Waals surface area contributed by atoms with Crippen LogP contribution in [0, 0.1) is 0 Å². The van der Waals surface area contributed by atoms with Crippen LogP contribution in [-0.4, -0.2) is 29.5 Å². The van der Waals surface area contributed by atoms with Gasteiger partial charge in [0.15, 0.2) is 0 Å². The van der Waals surface area contributed by atoms with Crippen molar-refractivity contribution in [1.82, 2.24) is 15.3 Å². The number of nitrogens with zero attached hydrogens (tertiary/aromatic N) is 1. The van der Waals surface area contributed by atoms with Gasteiger partial charge in [-0.3, -0.25) is 4.79 Å². The predicted molar refractivity (Wildman–Crippen MR) is 58.7 cm³/mol. The number of para-hydroxylation sites is 2. The van der Waals surface area contributed by atoms with Gasteiger partial charge in [-0.2, -0.15) is 0 Å². The third kappa shape index (κ3) is 2.07. The molecular formula is C10H12N4O. The monoisotopic (exact) mass is 204 g/mol. The Bertz CT molecular complexity index is 444. The van der Waals surface area contributed by atoms with Crippen molar-refractivity contribution in [3.05, 3.63) is 24.3 Å². The number of nitrogens with one attached hydrogen (secondary N) is 3. The van der Waals surface area contributed by atoms with Gasteiger partial charge in [0.2, 0.25) is 11.9 Å². The minimum absolute atomic E-state index is 0.0737. The summed E-state index contributed by atoms with van der Waals surface area (Å²) in [7, 11) is 1.60. The first-order chi connectivity index (χ1) is 7.29. The average Bonchev–Trinajstić information content (AvgIpc) is 2.68. The molecule has 0 radical (unpaired) electrons. The second kappa shape index (κ2) is 4.00. The fourth-order valence-electron chi connectivity index (χ4n) is 1.29. The van der Waals surface area contributed by atoms with Gasteiger partial charge >= 0.3 is 0 Å². The van der Waals surface area contributed by atoms with Crippen LogP contribution in [0.2, 0.25) is 0 Å². The zero-order chi connectivity index (χ0) is 10.7. The molecule has 0 saturated carbocycles. The van der Waals surface area contributed by atoms with Crippen molar-refractivity contribution in [1.29, 1.82) is 0 Å². The number of H-pyrrole nitrogens is 1. The molecule has 5 heteroatoms. The summed E-state index contributed by atoms with van der Waals surface area (Å²) >= 11 is 0. The number of carbonyl (C=O) groups excluding carboxylic acids is 1. The third-order valence-electron chi connectivity index (χ3n) is 2.08. The molecule has 1 heterocycles. The molecule has 0 spiro atoms. The molecule has 3 N–H and O–H groups in total. The fraction of sp³-hybridized carbons (Fsp3) is 0.200. The van der Waals surface area contributed by atoms with Crippen LogP contribution >= 0.6 is 0 Å². The molecule has 1 amide bonds. The smallest absolute Gasteiger partial charge is 0.239 e. The molecule has 0 aliphatic rings. The van der Waals surface area contributed by atoms with E-state index in [9.17, 15) is 4.79 Å². The van der Waals surface area contributed by atoms with Gasteiger partial charge in [0.1, 0.15) is 0 Å². The van der Waals surface area contributed by atoms with Gasteiger partial charge in [-0.25, -0.2) is 4.98 Å². The Kier molecular flexibility index (Phi) is 2.53. The van der Waals surface area contributed by atoms with E-state index in [1.54, 1.807) is 7.05 Å². The van der Waals surface area contributed by atoms with Crippen molar-refractivity contribution in [2.24, 2.45) is 0 Å². The summed E-state index contributed by atoms with van der Waals surface area (Å²) in [6.07, 6.45) is 0. The number of amides is 1. The number of likely N-dealkylation sites (N-methyl/N-ethyl adjacent to an activating group) is 1. The number of aromatic nitrogens is 2. The maximum atomic E-state index is 11.0. The minimum atomic E-state index is -0.0737. The van der Waals surface area contributed by atoms with E-state index in [0.717, 1.165) is 11.0 Å². The van der Waals surface area contributed by atoms with Crippen LogP contribution in [-0.2, 0) is 4.79 Å². The number of hydrogen-bond donors (Lipinski definition) is 3. The van der Waals surface area contributed by atoms with E-state index >= 15 is 0 Å². The van der Waals surface area contributed by atoms with Crippen LogP contribution in [0.15, 0.2) is 24.3 Å². The number of rotatable bonds is 3. The van der Waals surface area contributed by atoms with E-state index in [4.69, 9.17) is 0 Å². The minimum Gasteiger partial charge on any atom is -0.358 e. The van der Waals surface area contributed by atoms with Crippen molar-refractivity contribution < 1.29 is 4.79 Å². The van der Waals surface area contributed by atoms with Crippen molar-refractivity contribution in [2.45, 2.75) is 0 Å². The molecule has 0 aliphatic heterocycles. The fourth-order valence-corrected chi connectivity index (χ4v) is 1.29. The lowest BCUT2D eigenvalue weighted by molar-refractivity contribution is -0.118. The quantitative estimate of drug-likeness (QED) is 0.690. The zero-order valence-electron chi connectivity index (χ0n) is 8.37. The number of carbonyl (C=O) groups is 1. The number of benzene rings is 1. The van der Waals surface area contributed by atoms with Crippen LogP contribution in [0.4, 0.5) is 5.95 Å². The average molecular weight is 204 g/mol. The third-order valence-corrected chi connectivity index (χ3v) is 2.08. The molecule has 2 rings (SSSR count). The second-order valence-electron chi connectivity index (χ2n) is 3.13. The van der Waals surface area contributed by atoms with Crippen molar-refractivity contribution >= 4 is 22.9 Å². The van der Waals surface area contributed by atoms with Gasteiger partial charge in [-0.05, 0) is 12.1 Å². The van der Waals surface area contributed by atoms with Gasteiger partial charge in [-0.1, -0.05) is 12.1 Å². The van der Waals surface area contributed by atoms with E-state index < -0.39 is 0 Å². The molecule has 0 unspecified atom stereocenters. The van der Waals surface area contributed by atoms with E-state index in [0.29, 0.717) is 5.95 Å². The Balaban J connectivity index is 2.12. The van der Waals surface area contributed by atoms with E-state index in [1.807, 2.05) is 24.3 Å². The highest BCUT2D eigenvalue weighted by Gasteiger charge is 2.02. The highest BCUT2D eigenvalue weighted by Crippen LogP contribution is 2.12. The summed E-state index contributed by atoms with van der Waals surface area (Å²) in [6, 6.07) is 7.71. The SMILES string of the molecule is CNC(=O)CNc1nc2ccccc2[nH]1. The topological polar surface area (TPSA) is 69.8 Å². The number of fused-ring (bicyclic) bond motifs is 1. The van der Waals surface area contributed by atoms with Crippen molar-refractivity contribution in [3.8, 4) is 0 Å². The molecular weight excluding hydrogens is 192 g/mol. The Morgan fingerprint density at radius 1 is 1.47 bits per heavy atom. The highest BCUT2D eigenvalue weighted by atomic mass is 16.1. The Morgan fingerprint density at radius 2 is 2.27 bits per heavy atom. The lowest BCUT2D eigenvalue weighted by atomic mass is 10.3. The van der Waals surface area contributed by atoms with Gasteiger partial charge in [0.25, 0.3) is 0 Å². The molecule has 0 saturated heterocycles. The molecule has 2 aromatic rings. The first-order valence-corrected chi connectivity index (χ1v) is 4.69. The molecule has 5 nitrogen and oxygen atoms in total. The molecule has 15 heavy (non-hydrogen) atoms. The maximum Gasteiger partial charge on any atom is 0.239 e. The molecule has 0 atom stereocenters. The van der Waals surface area contributed by atoms with E-state index in [2.05, 4.69) is 20.6 Å². The standard InChI is InChI=1S/C10H12N4O/c1-11-9(15)6-12-10-13-7-4-2-3-5-8(7)14-10/h2-5H,6H2,1H3,(H,11,15)(H2,12,13,14). The van der Waals surface area contributed by atoms with Crippen LogP contribution in [0.3, 0.4) is 0 Å². The summed E-state index contributed by atoms with van der Waals surface area (Å²) in [6.45, 7) is 0.219. The number of imidazole rings is 1. The summed E-state index contributed by atoms with van der Waals surface area (Å²) in [5, 5.41) is 5.43. The summed E-state index contributed by atoms with van der Waals surface area (Å²) in [4.78, 5) is 18.3. The van der Waals surface area contributed by atoms with Gasteiger partial charge in [-0.15, -0.1) is 0 Å².